The van der Waals surface area contributed by atoms with E-state index in [-0.39, 0.29) is 17.3 Å². The molecule has 2 aromatic heterocycles. The van der Waals surface area contributed by atoms with Crippen LogP contribution in [0, 0.1) is 0 Å². The van der Waals surface area contributed by atoms with Crippen molar-refractivity contribution in [3.05, 3.63) is 94.1 Å². The molecule has 4 aromatic rings. The largest absolute Gasteiger partial charge is 0.489 e. The van der Waals surface area contributed by atoms with Crippen molar-refractivity contribution in [3.8, 4) is 17.2 Å². The van der Waals surface area contributed by atoms with Gasteiger partial charge in [0.25, 0.3) is 0 Å². The number of epoxide rings is 1. The van der Waals surface area contributed by atoms with Gasteiger partial charge < -0.3 is 37.3 Å². The molecule has 3 unspecified atom stereocenters. The zero-order chi connectivity index (χ0) is 34.4. The van der Waals surface area contributed by atoms with Crippen LogP contribution in [0.4, 0.5) is 0 Å². The Hall–Kier alpha value is -4.31. The first-order valence-electron chi connectivity index (χ1n) is 17.0. The van der Waals surface area contributed by atoms with Crippen LogP contribution in [0.5, 0.6) is 17.2 Å². The van der Waals surface area contributed by atoms with E-state index in [1.165, 1.54) is 11.6 Å². The molecule has 49 heavy (non-hydrogen) atoms. The fourth-order valence-electron chi connectivity index (χ4n) is 6.50. The van der Waals surface area contributed by atoms with Crippen molar-refractivity contribution in [1.29, 1.82) is 0 Å². The molecule has 3 atom stereocenters. The fraction of sp³-hybridized carbons (Fsp3) is 0.425. The predicted octanol–water partition coefficient (Wildman–Crippen LogP) is 8.88. The summed E-state index contributed by atoms with van der Waals surface area (Å²) in [5.41, 5.74) is 3.43. The lowest BCUT2D eigenvalue weighted by Gasteiger charge is -2.30. The smallest absolute Gasteiger partial charge is 0.350 e. The molecule has 2 saturated heterocycles. The molecule has 0 radical (unpaired) electrons. The summed E-state index contributed by atoms with van der Waals surface area (Å²) in [7, 11) is 0. The maximum Gasteiger partial charge on any atom is 0.350 e. The molecule has 2 aromatic carbocycles. The van der Waals surface area contributed by atoms with E-state index in [2.05, 4.69) is 33.8 Å². The second-order valence-corrected chi connectivity index (χ2v) is 14.3. The van der Waals surface area contributed by atoms with Gasteiger partial charge in [-0.2, -0.15) is 0 Å². The monoisotopic (exact) mass is 668 g/mol. The quantitative estimate of drug-likeness (QED) is 0.0832. The highest BCUT2D eigenvalue weighted by Crippen LogP contribution is 2.48. The maximum atomic E-state index is 11.6. The van der Waals surface area contributed by atoms with Gasteiger partial charge >= 0.3 is 11.6 Å². The van der Waals surface area contributed by atoms with Crippen LogP contribution in [0.2, 0.25) is 0 Å². The van der Waals surface area contributed by atoms with E-state index in [1.807, 2.05) is 56.3 Å². The van der Waals surface area contributed by atoms with Crippen LogP contribution in [-0.2, 0) is 14.2 Å². The molecular formula is C40H44O9. The molecule has 0 saturated carbocycles. The molecule has 258 valence electrons. The van der Waals surface area contributed by atoms with Crippen molar-refractivity contribution >= 4 is 28.0 Å². The van der Waals surface area contributed by atoms with Crippen LogP contribution >= 0.6 is 0 Å². The molecule has 0 amide bonds. The van der Waals surface area contributed by atoms with Crippen LogP contribution in [0.3, 0.4) is 0 Å². The minimum Gasteiger partial charge on any atom is -0.489 e. The lowest BCUT2D eigenvalue weighted by Crippen LogP contribution is -2.38. The van der Waals surface area contributed by atoms with E-state index >= 15 is 0 Å². The number of fused-ring (bicyclic) bond motifs is 3. The summed E-state index contributed by atoms with van der Waals surface area (Å²) in [5, 5.41) is 1.73. The van der Waals surface area contributed by atoms with E-state index < -0.39 is 11.6 Å². The standard InChI is InChI=1S/C40H44O9/c1-25(16-20-42-28-11-9-27-10-14-36(41)45-31(27)23-28)8-13-35-39(5,6)49-40(48-35)19-15-29-33(46-40)24-32-30(18-22-43-32)37(29)44-21-17-26(2)7-12-34-38(3,4)47-34/h9-11,14-19,22-24,34-35H,7-8,12-13,20-21H2,1-6H3/b25-16+,26-17+. The number of furan rings is 1. The third kappa shape index (κ3) is 7.20. The Morgan fingerprint density at radius 1 is 0.837 bits per heavy atom. The number of allylic oxidation sites excluding steroid dienone is 2. The van der Waals surface area contributed by atoms with Crippen LogP contribution in [-0.4, -0.2) is 42.6 Å². The Balaban J connectivity index is 0.974. The molecule has 0 bridgehead atoms. The molecule has 0 aliphatic carbocycles. The zero-order valence-corrected chi connectivity index (χ0v) is 29.0. The van der Waals surface area contributed by atoms with Crippen LogP contribution in [0.1, 0.15) is 72.8 Å². The highest BCUT2D eigenvalue weighted by atomic mass is 16.9. The van der Waals surface area contributed by atoms with Gasteiger partial charge in [0.1, 0.15) is 41.6 Å². The molecule has 5 heterocycles. The van der Waals surface area contributed by atoms with Crippen molar-refractivity contribution in [2.45, 2.75) is 96.6 Å². The van der Waals surface area contributed by atoms with E-state index in [1.54, 1.807) is 18.4 Å². The summed E-state index contributed by atoms with van der Waals surface area (Å²) in [6.45, 7) is 13.3. The van der Waals surface area contributed by atoms with Gasteiger partial charge in [-0.15, -0.1) is 0 Å². The van der Waals surface area contributed by atoms with Gasteiger partial charge in [-0.25, -0.2) is 4.79 Å². The summed E-state index contributed by atoms with van der Waals surface area (Å²) in [5.74, 6) is 0.553. The third-order valence-corrected chi connectivity index (χ3v) is 9.61. The molecule has 9 heteroatoms. The molecular weight excluding hydrogens is 624 g/mol. The fourth-order valence-corrected chi connectivity index (χ4v) is 6.50. The van der Waals surface area contributed by atoms with E-state index in [9.17, 15) is 4.79 Å². The third-order valence-electron chi connectivity index (χ3n) is 9.61. The molecule has 3 aliphatic rings. The lowest BCUT2D eigenvalue weighted by atomic mass is 9.96. The Labute approximate surface area is 286 Å². The normalized spacial score (nSPS) is 24.0. The first-order valence-corrected chi connectivity index (χ1v) is 17.0. The van der Waals surface area contributed by atoms with Gasteiger partial charge in [0.05, 0.1) is 40.6 Å². The molecule has 9 nitrogen and oxygen atoms in total. The van der Waals surface area contributed by atoms with Crippen molar-refractivity contribution < 1.29 is 37.3 Å². The van der Waals surface area contributed by atoms with Gasteiger partial charge in [-0.1, -0.05) is 11.1 Å². The van der Waals surface area contributed by atoms with Crippen molar-refractivity contribution in [2.75, 3.05) is 13.2 Å². The highest BCUT2D eigenvalue weighted by Gasteiger charge is 2.54. The average molecular weight is 669 g/mol. The lowest BCUT2D eigenvalue weighted by molar-refractivity contribution is -0.270. The van der Waals surface area contributed by atoms with E-state index in [0.717, 1.165) is 47.6 Å². The second-order valence-electron chi connectivity index (χ2n) is 14.3. The zero-order valence-electron chi connectivity index (χ0n) is 29.0. The first-order chi connectivity index (χ1) is 23.4. The molecule has 1 spiro atoms. The topological polar surface area (TPSA) is 102 Å². The summed E-state index contributed by atoms with van der Waals surface area (Å²) < 4.78 is 48.5. The Morgan fingerprint density at radius 2 is 1.53 bits per heavy atom. The highest BCUT2D eigenvalue weighted by molar-refractivity contribution is 5.91. The van der Waals surface area contributed by atoms with Crippen molar-refractivity contribution in [1.82, 2.24) is 0 Å². The van der Waals surface area contributed by atoms with Crippen molar-refractivity contribution in [2.24, 2.45) is 0 Å². The number of hydrogen-bond acceptors (Lipinski definition) is 9. The van der Waals surface area contributed by atoms with Gasteiger partial charge in [-0.05, 0) is 110 Å². The molecule has 2 fully saturated rings. The minimum atomic E-state index is -1.36. The van der Waals surface area contributed by atoms with Gasteiger partial charge in [0.2, 0.25) is 0 Å². The minimum absolute atomic E-state index is 0.00721. The predicted molar refractivity (Wildman–Crippen MR) is 187 cm³/mol. The summed E-state index contributed by atoms with van der Waals surface area (Å²) >= 11 is 0. The van der Waals surface area contributed by atoms with Gasteiger partial charge in [0, 0.05) is 29.7 Å². The number of rotatable bonds is 12. The van der Waals surface area contributed by atoms with Gasteiger partial charge in [-0.3, -0.25) is 0 Å². The van der Waals surface area contributed by atoms with E-state index in [0.29, 0.717) is 47.7 Å². The number of hydrogen-bond donors (Lipinski definition) is 0. The molecule has 0 N–H and O–H groups in total. The number of ether oxygens (including phenoxy) is 6. The Kier molecular flexibility index (Phi) is 8.71. The second kappa shape index (κ2) is 12.9. The Morgan fingerprint density at radius 3 is 2.27 bits per heavy atom. The number of benzene rings is 2. The summed E-state index contributed by atoms with van der Waals surface area (Å²) in [6.07, 6.45) is 13.2. The summed E-state index contributed by atoms with van der Waals surface area (Å²) in [4.78, 5) is 11.6. The van der Waals surface area contributed by atoms with Crippen LogP contribution in [0.25, 0.3) is 28.0 Å². The van der Waals surface area contributed by atoms with Crippen LogP contribution < -0.4 is 19.8 Å². The van der Waals surface area contributed by atoms with E-state index in [4.69, 9.17) is 37.3 Å². The van der Waals surface area contributed by atoms with Crippen molar-refractivity contribution in [3.63, 3.8) is 0 Å². The average Bonchev–Trinajstić information content (AvgIpc) is 3.31. The molecule has 3 aliphatic heterocycles. The van der Waals surface area contributed by atoms with Gasteiger partial charge in [0.15, 0.2) is 0 Å². The summed E-state index contributed by atoms with van der Waals surface area (Å²) in [6, 6.07) is 12.4. The Bertz CT molecular complexity index is 2010. The molecule has 7 rings (SSSR count). The maximum absolute atomic E-state index is 11.6. The van der Waals surface area contributed by atoms with Crippen LogP contribution in [0.15, 0.2) is 91.7 Å². The first kappa shape index (κ1) is 33.2. The SMILES string of the molecule is C/C(=C\COc1c2c(cc3occc13)OC1(C=C2)OC(CC/C(C)=C/COc2ccc3ccc(=O)oc3c2)C(C)(C)O1)CCC1OC1(C)C.